The van der Waals surface area contributed by atoms with Gasteiger partial charge < -0.3 is 0 Å². The summed E-state index contributed by atoms with van der Waals surface area (Å²) in [6.45, 7) is 0. The van der Waals surface area contributed by atoms with Crippen LogP contribution in [0.15, 0.2) is 23.1 Å². The van der Waals surface area contributed by atoms with E-state index in [-0.39, 0.29) is 3.79 Å². The van der Waals surface area contributed by atoms with Crippen molar-refractivity contribution < 1.29 is 4.79 Å². The summed E-state index contributed by atoms with van der Waals surface area (Å²) >= 11 is 5.63. The smallest absolute Gasteiger partial charge is 0.223 e. The van der Waals surface area contributed by atoms with Gasteiger partial charge in [-0.2, -0.15) is 0 Å². The van der Waals surface area contributed by atoms with Crippen molar-refractivity contribution in [3.8, 4) is 0 Å². The number of rotatable bonds is 2. The van der Waals surface area contributed by atoms with Gasteiger partial charge in [0.25, 0.3) is 0 Å². The summed E-state index contributed by atoms with van der Waals surface area (Å²) in [7, 11) is 0. The van der Waals surface area contributed by atoms with E-state index in [0.29, 0.717) is 0 Å². The van der Waals surface area contributed by atoms with Crippen molar-refractivity contribution in [2.75, 3.05) is 6.26 Å². The summed E-state index contributed by atoms with van der Waals surface area (Å²) < 4.78 is 1.21. The molecule has 1 aromatic carbocycles. The van der Waals surface area contributed by atoms with E-state index in [1.54, 1.807) is 11.8 Å². The highest BCUT2D eigenvalue weighted by molar-refractivity contribution is 14.1. The molecule has 0 amide bonds. The standard InChI is InChI=1S/C8H6I2OS/c1-12-7-3-2-5(9)4-6(7)8(10)11/h2-4H,1H3. The molecule has 4 heteroatoms. The van der Waals surface area contributed by atoms with E-state index in [0.717, 1.165) is 14.0 Å². The number of halogens is 2. The number of benzene rings is 1. The van der Waals surface area contributed by atoms with Crippen LogP contribution in [0, 0.1) is 3.57 Å². The summed E-state index contributed by atoms with van der Waals surface area (Å²) in [4.78, 5) is 12.2. The molecule has 0 bridgehead atoms. The van der Waals surface area contributed by atoms with E-state index in [4.69, 9.17) is 0 Å². The molecule has 0 heterocycles. The first-order valence-electron chi connectivity index (χ1n) is 3.18. The minimum Gasteiger partial charge on any atom is -0.282 e. The fourth-order valence-corrected chi connectivity index (χ4v) is 2.53. The minimum atomic E-state index is 0.107. The Kier molecular flexibility index (Phi) is 4.31. The van der Waals surface area contributed by atoms with Crippen LogP contribution in [0.3, 0.4) is 0 Å². The average Bonchev–Trinajstić information content (AvgIpc) is 2.04. The van der Waals surface area contributed by atoms with Crippen LogP contribution >= 0.6 is 56.9 Å². The van der Waals surface area contributed by atoms with E-state index < -0.39 is 0 Å². The molecule has 0 spiro atoms. The Bertz CT molecular complexity index is 312. The van der Waals surface area contributed by atoms with Crippen LogP contribution < -0.4 is 0 Å². The van der Waals surface area contributed by atoms with E-state index >= 15 is 0 Å². The molecule has 0 aliphatic heterocycles. The molecule has 0 aliphatic rings. The molecule has 1 nitrogen and oxygen atoms in total. The second-order valence-electron chi connectivity index (χ2n) is 2.12. The second kappa shape index (κ2) is 4.80. The van der Waals surface area contributed by atoms with Gasteiger partial charge in [0, 0.05) is 36.6 Å². The lowest BCUT2D eigenvalue weighted by Gasteiger charge is -2.02. The first-order valence-corrected chi connectivity index (χ1v) is 6.56. The van der Waals surface area contributed by atoms with Crippen LogP contribution in [0.25, 0.3) is 0 Å². The van der Waals surface area contributed by atoms with Crippen LogP contribution in [0.4, 0.5) is 0 Å². The minimum absolute atomic E-state index is 0.107. The van der Waals surface area contributed by atoms with E-state index in [1.165, 1.54) is 0 Å². The lowest BCUT2D eigenvalue weighted by atomic mass is 10.2. The SMILES string of the molecule is CSc1ccc(I)cc1C(=O)I. The van der Waals surface area contributed by atoms with Crippen molar-refractivity contribution in [1.82, 2.24) is 0 Å². The van der Waals surface area contributed by atoms with Gasteiger partial charge in [-0.05, 0) is 47.0 Å². The third-order valence-corrected chi connectivity index (χ3v) is 3.42. The van der Waals surface area contributed by atoms with Gasteiger partial charge in [-0.3, -0.25) is 4.79 Å². The molecule has 0 N–H and O–H groups in total. The molecule has 0 aliphatic carbocycles. The molecule has 1 aromatic rings. The van der Waals surface area contributed by atoms with Gasteiger partial charge in [-0.1, -0.05) is 0 Å². The van der Waals surface area contributed by atoms with E-state index in [1.807, 2.05) is 47.0 Å². The fraction of sp³-hybridized carbons (Fsp3) is 0.125. The number of hydrogen-bond donors (Lipinski definition) is 0. The molecule has 0 fully saturated rings. The zero-order chi connectivity index (χ0) is 9.14. The summed E-state index contributed by atoms with van der Waals surface area (Å²) in [5.74, 6) is 0. The zero-order valence-corrected chi connectivity index (χ0v) is 11.4. The molecule has 12 heavy (non-hydrogen) atoms. The number of thioether (sulfide) groups is 1. The normalized spacial score (nSPS) is 9.92. The molecular formula is C8H6I2OS. The number of carbonyl (C=O) groups excluding carboxylic acids is 1. The maximum Gasteiger partial charge on any atom is 0.223 e. The van der Waals surface area contributed by atoms with E-state index in [9.17, 15) is 4.79 Å². The quantitative estimate of drug-likeness (QED) is 0.426. The molecular weight excluding hydrogens is 398 g/mol. The van der Waals surface area contributed by atoms with Crippen LogP contribution in [-0.4, -0.2) is 10.0 Å². The van der Waals surface area contributed by atoms with Crippen molar-refractivity contribution in [2.24, 2.45) is 0 Å². The fourth-order valence-electron chi connectivity index (χ4n) is 0.834. The Morgan fingerprint density at radius 3 is 2.67 bits per heavy atom. The van der Waals surface area contributed by atoms with Crippen molar-refractivity contribution in [3.05, 3.63) is 27.3 Å². The molecule has 0 saturated carbocycles. The molecule has 0 atom stereocenters. The lowest BCUT2D eigenvalue weighted by molar-refractivity contribution is 0.110. The van der Waals surface area contributed by atoms with Crippen molar-refractivity contribution in [1.29, 1.82) is 0 Å². The third kappa shape index (κ3) is 2.59. The van der Waals surface area contributed by atoms with Crippen molar-refractivity contribution in [3.63, 3.8) is 0 Å². The van der Waals surface area contributed by atoms with Gasteiger partial charge >= 0.3 is 0 Å². The first-order chi connectivity index (χ1) is 5.65. The van der Waals surface area contributed by atoms with Crippen LogP contribution in [0.1, 0.15) is 10.4 Å². The molecule has 1 rings (SSSR count). The topological polar surface area (TPSA) is 17.1 Å². The summed E-state index contributed by atoms with van der Waals surface area (Å²) in [5.41, 5.74) is 0.815. The summed E-state index contributed by atoms with van der Waals surface area (Å²) in [5, 5.41) is 0. The molecule has 0 unspecified atom stereocenters. The second-order valence-corrected chi connectivity index (χ2v) is 5.19. The maximum atomic E-state index is 11.1. The Labute approximate surface area is 103 Å². The van der Waals surface area contributed by atoms with Gasteiger partial charge in [0.2, 0.25) is 3.79 Å². The van der Waals surface area contributed by atoms with Gasteiger partial charge in [-0.25, -0.2) is 0 Å². The van der Waals surface area contributed by atoms with Crippen LogP contribution in [-0.2, 0) is 0 Å². The third-order valence-electron chi connectivity index (χ3n) is 1.37. The first kappa shape index (κ1) is 10.8. The van der Waals surface area contributed by atoms with Crippen molar-refractivity contribution >= 4 is 60.7 Å². The molecule has 64 valence electrons. The molecule has 0 aromatic heterocycles. The van der Waals surface area contributed by atoms with Gasteiger partial charge in [0.1, 0.15) is 0 Å². The van der Waals surface area contributed by atoms with Crippen molar-refractivity contribution in [2.45, 2.75) is 4.90 Å². The summed E-state index contributed by atoms with van der Waals surface area (Å²) in [6.07, 6.45) is 1.98. The van der Waals surface area contributed by atoms with Gasteiger partial charge in [-0.15, -0.1) is 11.8 Å². The predicted octanol–water partition coefficient (Wildman–Crippen LogP) is 3.59. The van der Waals surface area contributed by atoms with E-state index in [2.05, 4.69) is 22.6 Å². The average molecular weight is 404 g/mol. The highest BCUT2D eigenvalue weighted by Gasteiger charge is 2.07. The summed E-state index contributed by atoms with van der Waals surface area (Å²) in [6, 6.07) is 5.91. The molecule has 0 radical (unpaired) electrons. The van der Waals surface area contributed by atoms with Crippen LogP contribution in [0.5, 0.6) is 0 Å². The highest BCUT2D eigenvalue weighted by atomic mass is 127. The Hall–Kier alpha value is 0.700. The zero-order valence-electron chi connectivity index (χ0n) is 6.30. The van der Waals surface area contributed by atoms with Crippen LogP contribution in [0.2, 0.25) is 0 Å². The Balaban J connectivity index is 3.21. The predicted molar refractivity (Wildman–Crippen MR) is 69.3 cm³/mol. The maximum absolute atomic E-state index is 11.1. The van der Waals surface area contributed by atoms with Gasteiger partial charge in [0.05, 0.1) is 0 Å². The number of hydrogen-bond acceptors (Lipinski definition) is 2. The monoisotopic (exact) mass is 404 g/mol. The molecule has 0 saturated heterocycles. The lowest BCUT2D eigenvalue weighted by Crippen LogP contribution is -1.91. The largest absolute Gasteiger partial charge is 0.282 e. The van der Waals surface area contributed by atoms with Gasteiger partial charge in [0.15, 0.2) is 0 Å². The number of carbonyl (C=O) groups is 1. The highest BCUT2D eigenvalue weighted by Crippen LogP contribution is 2.24. The Morgan fingerprint density at radius 2 is 2.17 bits per heavy atom. The Morgan fingerprint density at radius 1 is 1.50 bits per heavy atom.